The molecule has 0 atom stereocenters. The van der Waals surface area contributed by atoms with Gasteiger partial charge >= 0.3 is 0 Å². The average molecular weight is 995 g/mol. The number of benzene rings is 8. The predicted molar refractivity (Wildman–Crippen MR) is 322 cm³/mol. The number of fused-ring (bicyclic) bond motifs is 18. The molecule has 14 rings (SSSR count). The molecule has 2 aromatic heterocycles. The van der Waals surface area contributed by atoms with Crippen LogP contribution < -0.4 is 25.5 Å². The van der Waals surface area contributed by atoms with Crippen molar-refractivity contribution in [2.45, 2.75) is 110 Å². The molecule has 0 amide bonds. The van der Waals surface area contributed by atoms with Gasteiger partial charge in [0.15, 0.2) is 0 Å². The Balaban J connectivity index is 1.16. The first-order valence-electron chi connectivity index (χ1n) is 26.7. The predicted octanol–water partition coefficient (Wildman–Crippen LogP) is 17.7. The summed E-state index contributed by atoms with van der Waals surface area (Å²) in [6.07, 6.45) is 0. The van der Waals surface area contributed by atoms with E-state index >= 15 is 0 Å². The Morgan fingerprint density at radius 1 is 0.405 bits per heavy atom. The lowest BCUT2D eigenvalue weighted by Gasteiger charge is -2.45. The van der Waals surface area contributed by atoms with Gasteiger partial charge < -0.3 is 9.80 Å². The van der Waals surface area contributed by atoms with E-state index in [0.29, 0.717) is 0 Å². The Labute approximate surface area is 446 Å². The van der Waals surface area contributed by atoms with Crippen LogP contribution in [0.5, 0.6) is 0 Å². The highest BCUT2D eigenvalue weighted by Gasteiger charge is 2.57. The normalized spacial score (nSPS) is 15.1. The summed E-state index contributed by atoms with van der Waals surface area (Å²) in [7, 11) is 0. The second kappa shape index (κ2) is 15.2. The Bertz CT molecular complexity index is 3960. The number of anilines is 6. The highest BCUT2D eigenvalue weighted by atomic mass is 32.1. The van der Waals surface area contributed by atoms with E-state index in [1.54, 1.807) is 0 Å². The second-order valence-corrected chi connectivity index (χ2v) is 27.9. The van der Waals surface area contributed by atoms with Gasteiger partial charge in [-0.15, -0.1) is 22.7 Å². The topological polar surface area (TPSA) is 6.48 Å². The van der Waals surface area contributed by atoms with E-state index in [2.05, 4.69) is 268 Å². The average Bonchev–Trinajstić information content (AvgIpc) is 4.10. The Morgan fingerprint density at radius 3 is 1.51 bits per heavy atom. The molecule has 8 aromatic carbocycles. The van der Waals surface area contributed by atoms with E-state index in [1.807, 2.05) is 11.3 Å². The Hall–Kier alpha value is -6.66. The zero-order chi connectivity index (χ0) is 51.2. The van der Waals surface area contributed by atoms with Crippen molar-refractivity contribution in [2.75, 3.05) is 9.80 Å². The first kappa shape index (κ1) is 45.9. The van der Waals surface area contributed by atoms with Crippen molar-refractivity contribution < 1.29 is 0 Å². The van der Waals surface area contributed by atoms with Crippen LogP contribution >= 0.6 is 22.7 Å². The third-order valence-corrected chi connectivity index (χ3v) is 19.6. The largest absolute Gasteiger partial charge is 0.311 e. The molecule has 0 saturated carbocycles. The van der Waals surface area contributed by atoms with Crippen LogP contribution in [0.4, 0.5) is 34.1 Å². The second-order valence-electron chi connectivity index (χ2n) is 25.8. The quantitative estimate of drug-likeness (QED) is 0.159. The lowest BCUT2D eigenvalue weighted by molar-refractivity contribution is 0.589. The fourth-order valence-electron chi connectivity index (χ4n) is 13.2. The third kappa shape index (κ3) is 6.29. The summed E-state index contributed by atoms with van der Waals surface area (Å²) in [4.78, 5) is 6.79. The first-order chi connectivity index (χ1) is 35.2. The van der Waals surface area contributed by atoms with Crippen LogP contribution in [-0.2, 0) is 27.1 Å². The van der Waals surface area contributed by atoms with E-state index in [4.69, 9.17) is 0 Å². The molecule has 0 radical (unpaired) electrons. The standard InChI is InChI=1S/C69H63BN2S2/c1-65(2,3)40-25-30-44(31-26-40)71-55-35-42(67(7,8)9)29-34-54(55)70-61-56(71)36-43(68(10,11)12)37-57(61)72(45-32-27-41(28-33-45)66(4,5)6)62-60-50-39-59-49(48-21-15-18-24-58(48)73-59)38-53(50)69(63(60)74-64(62)70)51-22-16-13-19-46(51)47-20-14-17-23-52(47)69/h13-39H,1-12H3. The van der Waals surface area contributed by atoms with E-state index in [1.165, 1.54) is 136 Å². The summed E-state index contributed by atoms with van der Waals surface area (Å²) in [5, 5.41) is 2.69. The fraction of sp³-hybridized carbons (Fsp3) is 0.246. The van der Waals surface area contributed by atoms with Crippen molar-refractivity contribution in [3.8, 4) is 22.3 Å². The Kier molecular flexibility index (Phi) is 9.46. The zero-order valence-corrected chi connectivity index (χ0v) is 46.5. The fourth-order valence-corrected chi connectivity index (χ4v) is 16.0. The number of thiophene rings is 2. The zero-order valence-electron chi connectivity index (χ0n) is 44.9. The molecule has 364 valence electrons. The van der Waals surface area contributed by atoms with E-state index in [0.717, 1.165) is 0 Å². The summed E-state index contributed by atoms with van der Waals surface area (Å²) in [5.41, 5.74) is 24.5. The molecule has 0 unspecified atom stereocenters. The minimum Gasteiger partial charge on any atom is -0.311 e. The molecule has 74 heavy (non-hydrogen) atoms. The van der Waals surface area contributed by atoms with Crippen LogP contribution in [0.1, 0.15) is 127 Å². The number of rotatable bonds is 2. The Morgan fingerprint density at radius 2 is 0.919 bits per heavy atom. The molecule has 2 aliphatic carbocycles. The van der Waals surface area contributed by atoms with Crippen LogP contribution in [0.15, 0.2) is 164 Å². The highest BCUT2D eigenvalue weighted by molar-refractivity contribution is 7.30. The summed E-state index contributed by atoms with van der Waals surface area (Å²) < 4.78 is 4.10. The van der Waals surface area contributed by atoms with Gasteiger partial charge in [0.05, 0.1) is 11.1 Å². The van der Waals surface area contributed by atoms with E-state index in [-0.39, 0.29) is 28.4 Å². The van der Waals surface area contributed by atoms with Crippen LogP contribution in [0, 0.1) is 0 Å². The maximum absolute atomic E-state index is 2.72. The van der Waals surface area contributed by atoms with Crippen molar-refractivity contribution in [2.24, 2.45) is 0 Å². The molecule has 2 aliphatic heterocycles. The van der Waals surface area contributed by atoms with Crippen molar-refractivity contribution in [1.82, 2.24) is 0 Å². The monoisotopic (exact) mass is 994 g/mol. The molecular formula is C69H63BN2S2. The molecule has 4 heterocycles. The van der Waals surface area contributed by atoms with E-state index < -0.39 is 5.41 Å². The molecular weight excluding hydrogens is 932 g/mol. The third-order valence-electron chi connectivity index (χ3n) is 17.1. The molecule has 0 N–H and O–H groups in total. The van der Waals surface area contributed by atoms with Gasteiger partial charge in [0, 0.05) is 63.8 Å². The van der Waals surface area contributed by atoms with Crippen molar-refractivity contribution in [3.63, 3.8) is 0 Å². The minimum atomic E-state index is -0.515. The molecule has 5 heteroatoms. The van der Waals surface area contributed by atoms with Crippen molar-refractivity contribution in [3.05, 3.63) is 208 Å². The van der Waals surface area contributed by atoms with E-state index in [9.17, 15) is 0 Å². The molecule has 10 aromatic rings. The number of hydrogen-bond donors (Lipinski definition) is 0. The van der Waals surface area contributed by atoms with Crippen LogP contribution in [0.2, 0.25) is 0 Å². The van der Waals surface area contributed by atoms with Gasteiger partial charge in [-0.2, -0.15) is 0 Å². The van der Waals surface area contributed by atoms with Crippen molar-refractivity contribution >= 4 is 99.4 Å². The van der Waals surface area contributed by atoms with Crippen LogP contribution in [-0.4, -0.2) is 6.71 Å². The first-order valence-corrected chi connectivity index (χ1v) is 28.3. The van der Waals surface area contributed by atoms with Gasteiger partial charge in [-0.05, 0) is 149 Å². The summed E-state index contributed by atoms with van der Waals surface area (Å²) in [6.45, 7) is 28.2. The molecule has 2 nitrogen and oxygen atoms in total. The van der Waals surface area contributed by atoms with Crippen molar-refractivity contribution in [1.29, 1.82) is 0 Å². The number of nitrogens with zero attached hydrogens (tertiary/aromatic N) is 2. The van der Waals surface area contributed by atoms with Gasteiger partial charge in [-0.3, -0.25) is 0 Å². The lowest BCUT2D eigenvalue weighted by atomic mass is 9.36. The van der Waals surface area contributed by atoms with Gasteiger partial charge in [-0.25, -0.2) is 0 Å². The SMILES string of the molecule is CC(C)(C)c1ccc(N2c3cc(C(C)(C)C)ccc3B3c4sc5c(c4N(c4ccc(C(C)(C)C)cc4)c4cc(C(C)(C)C)cc2c43)-c2cc3sc4ccccc4c3cc2C52c3ccccc3-c3ccccc32)cc1. The maximum atomic E-state index is 2.72. The minimum absolute atomic E-state index is 0.00842. The molecule has 0 saturated heterocycles. The molecule has 0 bridgehead atoms. The number of hydrogen-bond acceptors (Lipinski definition) is 4. The van der Waals surface area contributed by atoms with Gasteiger partial charge in [0.25, 0.3) is 6.71 Å². The summed E-state index contributed by atoms with van der Waals surface area (Å²) in [5.74, 6) is 0. The van der Waals surface area contributed by atoms with Crippen LogP contribution in [0.3, 0.4) is 0 Å². The smallest absolute Gasteiger partial charge is 0.264 e. The molecule has 1 spiro atoms. The summed E-state index contributed by atoms with van der Waals surface area (Å²) in [6, 6.07) is 64.6. The summed E-state index contributed by atoms with van der Waals surface area (Å²) >= 11 is 4.02. The maximum Gasteiger partial charge on any atom is 0.264 e. The lowest BCUT2D eigenvalue weighted by Crippen LogP contribution is -2.60. The van der Waals surface area contributed by atoms with Gasteiger partial charge in [0.1, 0.15) is 0 Å². The van der Waals surface area contributed by atoms with Crippen LogP contribution in [0.25, 0.3) is 42.4 Å². The molecule has 0 fully saturated rings. The van der Waals surface area contributed by atoms with Gasteiger partial charge in [-0.1, -0.05) is 186 Å². The van der Waals surface area contributed by atoms with Gasteiger partial charge in [0.2, 0.25) is 0 Å². The highest BCUT2D eigenvalue weighted by Crippen LogP contribution is 2.68. The molecule has 4 aliphatic rings.